The van der Waals surface area contributed by atoms with E-state index in [1.807, 2.05) is 6.92 Å². The monoisotopic (exact) mass is 292 g/mol. The number of nitrogens with zero attached hydrogens (tertiary/aromatic N) is 2. The Hall–Kier alpha value is -0.990. The second kappa shape index (κ2) is 5.77. The maximum Gasteiger partial charge on any atom is 0.356 e. The molecule has 0 radical (unpaired) electrons. The Morgan fingerprint density at radius 2 is 2.17 bits per heavy atom. The SMILES string of the molecule is CCC(C)N(CC)S(=O)(=O)c1scnc1C(=O)O. The molecule has 0 spiro atoms. The first kappa shape index (κ1) is 15.1. The number of carboxylic acid groups (broad SMARTS) is 1. The third-order valence-electron chi connectivity index (χ3n) is 2.67. The van der Waals surface area contributed by atoms with Gasteiger partial charge in [-0.05, 0) is 13.3 Å². The molecule has 0 saturated carbocycles. The van der Waals surface area contributed by atoms with Gasteiger partial charge in [-0.2, -0.15) is 4.31 Å². The summed E-state index contributed by atoms with van der Waals surface area (Å²) >= 11 is 0.835. The molecule has 1 heterocycles. The van der Waals surface area contributed by atoms with Crippen LogP contribution in [0.1, 0.15) is 37.7 Å². The summed E-state index contributed by atoms with van der Waals surface area (Å²) in [4.78, 5) is 14.5. The summed E-state index contributed by atoms with van der Waals surface area (Å²) in [6.07, 6.45) is 0.661. The molecule has 8 heteroatoms. The Bertz CT molecular complexity index is 524. The van der Waals surface area contributed by atoms with Crippen LogP contribution >= 0.6 is 11.3 Å². The fourth-order valence-electron chi connectivity index (χ4n) is 1.59. The summed E-state index contributed by atoms with van der Waals surface area (Å²) in [5.74, 6) is -1.32. The second-order valence-electron chi connectivity index (χ2n) is 3.76. The normalized spacial score (nSPS) is 13.8. The number of aromatic carboxylic acids is 1. The highest BCUT2D eigenvalue weighted by molar-refractivity contribution is 7.91. The van der Waals surface area contributed by atoms with E-state index >= 15 is 0 Å². The molecule has 0 amide bonds. The van der Waals surface area contributed by atoms with E-state index in [-0.39, 0.29) is 10.3 Å². The highest BCUT2D eigenvalue weighted by Gasteiger charge is 2.32. The van der Waals surface area contributed by atoms with Crippen molar-refractivity contribution in [2.75, 3.05) is 6.54 Å². The molecule has 0 aliphatic rings. The van der Waals surface area contributed by atoms with Crippen LogP contribution in [0.5, 0.6) is 0 Å². The van der Waals surface area contributed by atoms with Crippen LogP contribution in [-0.4, -0.2) is 41.4 Å². The van der Waals surface area contributed by atoms with Crippen LogP contribution in [0.3, 0.4) is 0 Å². The number of hydrogen-bond acceptors (Lipinski definition) is 5. The maximum atomic E-state index is 12.4. The molecule has 102 valence electrons. The average Bonchev–Trinajstić information content (AvgIpc) is 2.78. The lowest BCUT2D eigenvalue weighted by molar-refractivity contribution is 0.0687. The van der Waals surface area contributed by atoms with Crippen molar-refractivity contribution < 1.29 is 18.3 Å². The number of sulfonamides is 1. The smallest absolute Gasteiger partial charge is 0.356 e. The summed E-state index contributed by atoms with van der Waals surface area (Å²) in [6, 6.07) is -0.177. The van der Waals surface area contributed by atoms with Gasteiger partial charge >= 0.3 is 5.97 Å². The van der Waals surface area contributed by atoms with Gasteiger partial charge in [-0.1, -0.05) is 13.8 Å². The predicted molar refractivity (Wildman–Crippen MR) is 68.4 cm³/mol. The molecule has 0 aromatic carbocycles. The zero-order chi connectivity index (χ0) is 13.9. The van der Waals surface area contributed by atoms with Gasteiger partial charge in [0.2, 0.25) is 0 Å². The van der Waals surface area contributed by atoms with Gasteiger partial charge in [0.25, 0.3) is 10.0 Å². The quantitative estimate of drug-likeness (QED) is 0.861. The fraction of sp³-hybridized carbons (Fsp3) is 0.600. The van der Waals surface area contributed by atoms with E-state index < -0.39 is 21.7 Å². The summed E-state index contributed by atoms with van der Waals surface area (Å²) in [5.41, 5.74) is 0.836. The van der Waals surface area contributed by atoms with Gasteiger partial charge in [-0.15, -0.1) is 11.3 Å². The van der Waals surface area contributed by atoms with Crippen LogP contribution < -0.4 is 0 Å². The van der Waals surface area contributed by atoms with Gasteiger partial charge in [0.05, 0.1) is 5.51 Å². The lowest BCUT2D eigenvalue weighted by Crippen LogP contribution is -2.38. The first-order chi connectivity index (χ1) is 8.36. The van der Waals surface area contributed by atoms with Gasteiger partial charge in [0.1, 0.15) is 0 Å². The molecule has 1 N–H and O–H groups in total. The van der Waals surface area contributed by atoms with Crippen molar-refractivity contribution in [3.63, 3.8) is 0 Å². The van der Waals surface area contributed by atoms with Gasteiger partial charge in [-0.25, -0.2) is 18.2 Å². The summed E-state index contributed by atoms with van der Waals surface area (Å²) in [7, 11) is -3.79. The fourth-order valence-corrected chi connectivity index (χ4v) is 4.56. The number of rotatable bonds is 6. The first-order valence-electron chi connectivity index (χ1n) is 5.54. The molecular weight excluding hydrogens is 276 g/mol. The van der Waals surface area contributed by atoms with Gasteiger partial charge in [0, 0.05) is 12.6 Å². The van der Waals surface area contributed by atoms with Crippen LogP contribution in [0, 0.1) is 0 Å². The molecule has 1 atom stereocenters. The summed E-state index contributed by atoms with van der Waals surface area (Å²) in [6.45, 7) is 5.70. The van der Waals surface area contributed by atoms with E-state index in [1.54, 1.807) is 13.8 Å². The van der Waals surface area contributed by atoms with Crippen molar-refractivity contribution in [1.82, 2.24) is 9.29 Å². The van der Waals surface area contributed by atoms with Crippen molar-refractivity contribution in [3.05, 3.63) is 11.2 Å². The first-order valence-corrected chi connectivity index (χ1v) is 7.86. The molecule has 18 heavy (non-hydrogen) atoms. The topological polar surface area (TPSA) is 87.6 Å². The molecule has 0 bridgehead atoms. The molecule has 1 unspecified atom stereocenters. The number of carboxylic acids is 1. The van der Waals surface area contributed by atoms with Gasteiger partial charge in [-0.3, -0.25) is 0 Å². The standard InChI is InChI=1S/C10H16N2O4S2/c1-4-7(3)12(5-2)18(15,16)10-8(9(13)14)11-6-17-10/h6-7H,4-5H2,1-3H3,(H,13,14). The van der Waals surface area contributed by atoms with E-state index in [0.717, 1.165) is 11.3 Å². The number of hydrogen-bond donors (Lipinski definition) is 1. The Kier molecular flexibility index (Phi) is 4.83. The van der Waals surface area contributed by atoms with E-state index in [9.17, 15) is 13.2 Å². The zero-order valence-electron chi connectivity index (χ0n) is 10.5. The lowest BCUT2D eigenvalue weighted by atomic mass is 10.3. The Labute approximate surface area is 110 Å². The number of carbonyl (C=O) groups is 1. The van der Waals surface area contributed by atoms with Crippen LogP contribution in [0.15, 0.2) is 9.72 Å². The minimum absolute atomic E-state index is 0.177. The molecule has 6 nitrogen and oxygen atoms in total. The minimum Gasteiger partial charge on any atom is -0.476 e. The predicted octanol–water partition coefficient (Wildman–Crippen LogP) is 1.65. The van der Waals surface area contributed by atoms with Crippen LogP contribution in [0.2, 0.25) is 0 Å². The zero-order valence-corrected chi connectivity index (χ0v) is 12.1. The molecule has 1 aromatic heterocycles. The average molecular weight is 292 g/mol. The molecule has 0 saturated heterocycles. The molecule has 0 aliphatic heterocycles. The molecule has 0 fully saturated rings. The second-order valence-corrected chi connectivity index (χ2v) is 6.70. The van der Waals surface area contributed by atoms with Gasteiger partial charge < -0.3 is 5.11 Å². The molecule has 0 aliphatic carbocycles. The van der Waals surface area contributed by atoms with Crippen LogP contribution in [-0.2, 0) is 10.0 Å². The van der Waals surface area contributed by atoms with Gasteiger partial charge in [0.15, 0.2) is 9.90 Å². The van der Waals surface area contributed by atoms with E-state index in [1.165, 1.54) is 9.82 Å². The lowest BCUT2D eigenvalue weighted by Gasteiger charge is -2.25. The van der Waals surface area contributed by atoms with Crippen molar-refractivity contribution in [3.8, 4) is 0 Å². The van der Waals surface area contributed by atoms with E-state index in [4.69, 9.17) is 5.11 Å². The van der Waals surface area contributed by atoms with Crippen molar-refractivity contribution in [2.24, 2.45) is 0 Å². The van der Waals surface area contributed by atoms with Crippen molar-refractivity contribution in [2.45, 2.75) is 37.4 Å². The Morgan fingerprint density at radius 3 is 2.61 bits per heavy atom. The molecular formula is C10H16N2O4S2. The molecule has 1 rings (SSSR count). The maximum absolute atomic E-state index is 12.4. The van der Waals surface area contributed by atoms with E-state index in [2.05, 4.69) is 4.98 Å². The van der Waals surface area contributed by atoms with Crippen molar-refractivity contribution >= 4 is 27.3 Å². The van der Waals surface area contributed by atoms with E-state index in [0.29, 0.717) is 13.0 Å². The largest absolute Gasteiger partial charge is 0.476 e. The number of thiazole rings is 1. The Balaban J connectivity index is 3.28. The van der Waals surface area contributed by atoms with Crippen LogP contribution in [0.25, 0.3) is 0 Å². The highest BCUT2D eigenvalue weighted by Crippen LogP contribution is 2.26. The third kappa shape index (κ3) is 2.70. The molecule has 1 aromatic rings. The Morgan fingerprint density at radius 1 is 1.56 bits per heavy atom. The summed E-state index contributed by atoms with van der Waals surface area (Å²) < 4.78 is 25.9. The minimum atomic E-state index is -3.79. The number of aromatic nitrogens is 1. The summed E-state index contributed by atoms with van der Waals surface area (Å²) in [5, 5.41) is 8.93. The van der Waals surface area contributed by atoms with Crippen molar-refractivity contribution in [1.29, 1.82) is 0 Å². The van der Waals surface area contributed by atoms with Crippen LogP contribution in [0.4, 0.5) is 0 Å². The highest BCUT2D eigenvalue weighted by atomic mass is 32.2. The third-order valence-corrected chi connectivity index (χ3v) is 6.11.